The monoisotopic (exact) mass is 231 g/mol. The zero-order valence-corrected chi connectivity index (χ0v) is 9.28. The number of ether oxygens (including phenoxy) is 1. The van der Waals surface area contributed by atoms with E-state index in [4.69, 9.17) is 4.74 Å². The largest absolute Gasteiger partial charge is 0.368 e. The predicted octanol–water partition coefficient (Wildman–Crippen LogP) is 0.778. The highest BCUT2D eigenvalue weighted by molar-refractivity contribution is 5.36. The molecule has 1 saturated heterocycles. The third-order valence-electron chi connectivity index (χ3n) is 2.81. The van der Waals surface area contributed by atoms with E-state index in [2.05, 4.69) is 25.1 Å². The highest BCUT2D eigenvalue weighted by atomic mass is 16.5. The molecule has 0 spiro atoms. The van der Waals surface area contributed by atoms with Crippen molar-refractivity contribution in [2.24, 2.45) is 0 Å². The lowest BCUT2D eigenvalue weighted by molar-refractivity contribution is 0.0367. The lowest BCUT2D eigenvalue weighted by Gasteiger charge is -2.32. The maximum Gasteiger partial charge on any atom is 0.147 e. The van der Waals surface area contributed by atoms with Crippen molar-refractivity contribution in [3.05, 3.63) is 36.5 Å². The molecule has 0 amide bonds. The molecular formula is C11H13N5O. The quantitative estimate of drug-likeness (QED) is 0.827. The summed E-state index contributed by atoms with van der Waals surface area (Å²) in [6.45, 7) is 2.28. The van der Waals surface area contributed by atoms with Crippen LogP contribution in [-0.4, -0.2) is 39.9 Å². The van der Waals surface area contributed by atoms with E-state index in [1.54, 1.807) is 24.8 Å². The van der Waals surface area contributed by atoms with Gasteiger partial charge in [-0.3, -0.25) is 10.1 Å². The minimum atomic E-state index is 0.0215. The van der Waals surface area contributed by atoms with Crippen LogP contribution in [0.4, 0.5) is 5.82 Å². The fourth-order valence-corrected chi connectivity index (χ4v) is 1.95. The number of aromatic amines is 1. The molecule has 0 unspecified atom stereocenters. The van der Waals surface area contributed by atoms with Crippen LogP contribution >= 0.6 is 0 Å². The van der Waals surface area contributed by atoms with Crippen LogP contribution in [0.3, 0.4) is 0 Å². The molecule has 1 fully saturated rings. The molecule has 0 aliphatic carbocycles. The Morgan fingerprint density at radius 1 is 1.35 bits per heavy atom. The van der Waals surface area contributed by atoms with Gasteiger partial charge >= 0.3 is 0 Å². The summed E-state index contributed by atoms with van der Waals surface area (Å²) in [5.74, 6) is 0.889. The van der Waals surface area contributed by atoms with Gasteiger partial charge in [0.2, 0.25) is 0 Å². The van der Waals surface area contributed by atoms with E-state index in [0.717, 1.165) is 24.6 Å². The second-order valence-electron chi connectivity index (χ2n) is 3.88. The maximum atomic E-state index is 5.71. The number of hydrogen-bond acceptors (Lipinski definition) is 5. The number of aromatic nitrogens is 4. The summed E-state index contributed by atoms with van der Waals surface area (Å²) in [5.41, 5.74) is 0.999. The Hall–Kier alpha value is -1.95. The zero-order chi connectivity index (χ0) is 11.5. The first-order valence-corrected chi connectivity index (χ1v) is 5.55. The minimum absolute atomic E-state index is 0.0215. The van der Waals surface area contributed by atoms with Gasteiger partial charge in [0.1, 0.15) is 11.9 Å². The van der Waals surface area contributed by atoms with Crippen LogP contribution in [0.1, 0.15) is 11.8 Å². The standard InChI is InChI=1S/C11H13N5O/c1-2-14-15-9(1)10-8-16(5-6-17-10)11-7-12-3-4-13-11/h1-4,7,10H,5-6,8H2,(H,14,15)/t10-/m1/s1. The van der Waals surface area contributed by atoms with Crippen molar-refractivity contribution >= 4 is 5.82 Å². The van der Waals surface area contributed by atoms with Gasteiger partial charge in [0.15, 0.2) is 0 Å². The number of morpholine rings is 1. The summed E-state index contributed by atoms with van der Waals surface area (Å²) in [5, 5.41) is 6.88. The summed E-state index contributed by atoms with van der Waals surface area (Å²) >= 11 is 0. The molecule has 1 atom stereocenters. The molecule has 88 valence electrons. The third-order valence-corrected chi connectivity index (χ3v) is 2.81. The van der Waals surface area contributed by atoms with E-state index >= 15 is 0 Å². The minimum Gasteiger partial charge on any atom is -0.368 e. The van der Waals surface area contributed by atoms with E-state index in [1.807, 2.05) is 6.07 Å². The van der Waals surface area contributed by atoms with E-state index in [0.29, 0.717) is 6.61 Å². The number of anilines is 1. The number of nitrogens with zero attached hydrogens (tertiary/aromatic N) is 4. The van der Waals surface area contributed by atoms with Crippen molar-refractivity contribution < 1.29 is 4.74 Å². The summed E-state index contributed by atoms with van der Waals surface area (Å²) in [7, 11) is 0. The summed E-state index contributed by atoms with van der Waals surface area (Å²) in [4.78, 5) is 10.6. The highest BCUT2D eigenvalue weighted by Gasteiger charge is 2.23. The highest BCUT2D eigenvalue weighted by Crippen LogP contribution is 2.22. The molecule has 0 radical (unpaired) electrons. The number of nitrogens with one attached hydrogen (secondary N) is 1. The van der Waals surface area contributed by atoms with Gasteiger partial charge in [-0.2, -0.15) is 5.10 Å². The maximum absolute atomic E-state index is 5.71. The molecule has 1 N–H and O–H groups in total. The lowest BCUT2D eigenvalue weighted by atomic mass is 10.2. The molecule has 0 saturated carbocycles. The van der Waals surface area contributed by atoms with Crippen molar-refractivity contribution in [3.63, 3.8) is 0 Å². The Kier molecular flexibility index (Phi) is 2.71. The number of rotatable bonds is 2. The summed E-state index contributed by atoms with van der Waals surface area (Å²) < 4.78 is 5.71. The van der Waals surface area contributed by atoms with Gasteiger partial charge in [-0.1, -0.05) is 0 Å². The van der Waals surface area contributed by atoms with Gasteiger partial charge in [-0.15, -0.1) is 0 Å². The van der Waals surface area contributed by atoms with Gasteiger partial charge in [0, 0.05) is 25.1 Å². The summed E-state index contributed by atoms with van der Waals surface area (Å²) in [6.07, 6.45) is 6.91. The second kappa shape index (κ2) is 4.50. The van der Waals surface area contributed by atoms with E-state index < -0.39 is 0 Å². The molecule has 1 aliphatic heterocycles. The average molecular weight is 231 g/mol. The van der Waals surface area contributed by atoms with E-state index in [1.165, 1.54) is 0 Å². The van der Waals surface area contributed by atoms with Crippen molar-refractivity contribution in [3.8, 4) is 0 Å². The van der Waals surface area contributed by atoms with Crippen LogP contribution in [0.5, 0.6) is 0 Å². The first kappa shape index (κ1) is 10.2. The fourth-order valence-electron chi connectivity index (χ4n) is 1.95. The van der Waals surface area contributed by atoms with Gasteiger partial charge in [0.25, 0.3) is 0 Å². The third kappa shape index (κ3) is 2.12. The molecular weight excluding hydrogens is 218 g/mol. The molecule has 0 bridgehead atoms. The topological polar surface area (TPSA) is 66.9 Å². The van der Waals surface area contributed by atoms with Crippen LogP contribution < -0.4 is 4.90 Å². The zero-order valence-electron chi connectivity index (χ0n) is 9.28. The normalized spacial score (nSPS) is 20.5. The summed E-state index contributed by atoms with van der Waals surface area (Å²) in [6, 6.07) is 1.94. The van der Waals surface area contributed by atoms with Crippen molar-refractivity contribution in [1.82, 2.24) is 20.2 Å². The Morgan fingerprint density at radius 3 is 3.12 bits per heavy atom. The molecule has 3 heterocycles. The molecule has 0 aromatic carbocycles. The predicted molar refractivity (Wildman–Crippen MR) is 61.5 cm³/mol. The first-order valence-electron chi connectivity index (χ1n) is 5.55. The number of H-pyrrole nitrogens is 1. The van der Waals surface area contributed by atoms with Crippen LogP contribution in [0, 0.1) is 0 Å². The van der Waals surface area contributed by atoms with Gasteiger partial charge in [-0.05, 0) is 6.07 Å². The van der Waals surface area contributed by atoms with Crippen molar-refractivity contribution in [2.45, 2.75) is 6.10 Å². The Labute approximate surface area is 98.7 Å². The molecule has 17 heavy (non-hydrogen) atoms. The molecule has 2 aromatic heterocycles. The van der Waals surface area contributed by atoms with Gasteiger partial charge in [-0.25, -0.2) is 4.98 Å². The van der Waals surface area contributed by atoms with Crippen LogP contribution in [0.2, 0.25) is 0 Å². The fraction of sp³-hybridized carbons (Fsp3) is 0.364. The average Bonchev–Trinajstić information content (AvgIpc) is 2.94. The Bertz CT molecular complexity index is 458. The van der Waals surface area contributed by atoms with Crippen LogP contribution in [0.25, 0.3) is 0 Å². The molecule has 1 aliphatic rings. The molecule has 6 heteroatoms. The van der Waals surface area contributed by atoms with Crippen LogP contribution in [0.15, 0.2) is 30.9 Å². The lowest BCUT2D eigenvalue weighted by Crippen LogP contribution is -2.39. The van der Waals surface area contributed by atoms with Crippen LogP contribution in [-0.2, 0) is 4.74 Å². The Morgan fingerprint density at radius 2 is 2.35 bits per heavy atom. The van der Waals surface area contributed by atoms with Crippen molar-refractivity contribution in [1.29, 1.82) is 0 Å². The molecule has 2 aromatic rings. The molecule has 3 rings (SSSR count). The van der Waals surface area contributed by atoms with Gasteiger partial charge in [0.05, 0.1) is 25.0 Å². The first-order chi connectivity index (χ1) is 8.43. The second-order valence-corrected chi connectivity index (χ2v) is 3.88. The van der Waals surface area contributed by atoms with E-state index in [-0.39, 0.29) is 6.10 Å². The van der Waals surface area contributed by atoms with Gasteiger partial charge < -0.3 is 9.64 Å². The SMILES string of the molecule is c1cnc(N2CCO[C@@H](c3ccn[nH]3)C2)cn1. The number of hydrogen-bond donors (Lipinski definition) is 1. The molecule has 6 nitrogen and oxygen atoms in total. The Balaban J connectivity index is 1.76. The van der Waals surface area contributed by atoms with E-state index in [9.17, 15) is 0 Å². The van der Waals surface area contributed by atoms with Crippen molar-refractivity contribution in [2.75, 3.05) is 24.6 Å². The smallest absolute Gasteiger partial charge is 0.147 e.